The second-order valence-corrected chi connectivity index (χ2v) is 5.85. The molecular weight excluding hydrogens is 344 g/mol. The van der Waals surface area contributed by atoms with Gasteiger partial charge in [-0.15, -0.1) is 11.3 Å². The topological polar surface area (TPSA) is 87.0 Å². The molecule has 0 aliphatic rings. The van der Waals surface area contributed by atoms with E-state index in [2.05, 4.69) is 4.98 Å². The van der Waals surface area contributed by atoms with E-state index in [1.54, 1.807) is 42.6 Å². The number of benzene rings is 1. The largest absolute Gasteiger partial charge is 0.466 e. The molecule has 0 aliphatic carbocycles. The molecule has 0 unspecified atom stereocenters. The van der Waals surface area contributed by atoms with Crippen molar-refractivity contribution in [3.8, 4) is 5.88 Å². The molecule has 0 saturated heterocycles. The number of carbonyl (C=O) groups excluding carboxylic acids is 2. The van der Waals surface area contributed by atoms with E-state index in [0.29, 0.717) is 16.2 Å². The highest BCUT2D eigenvalue weighted by atomic mass is 32.1. The third-order valence-corrected chi connectivity index (χ3v) is 4.16. The van der Waals surface area contributed by atoms with E-state index in [0.717, 1.165) is 6.07 Å². The lowest BCUT2D eigenvalue weighted by Crippen LogP contribution is -2.19. The number of fused-ring (bicyclic) bond motifs is 1. The van der Waals surface area contributed by atoms with Crippen molar-refractivity contribution >= 4 is 28.2 Å². The van der Waals surface area contributed by atoms with Crippen LogP contribution >= 0.6 is 11.3 Å². The van der Waals surface area contributed by atoms with Crippen LogP contribution in [0.4, 0.5) is 0 Å². The van der Waals surface area contributed by atoms with Crippen LogP contribution < -0.4 is 10.3 Å². The maximum absolute atomic E-state index is 12.3. The summed E-state index contributed by atoms with van der Waals surface area (Å²) in [5.74, 6) is -1.10. The van der Waals surface area contributed by atoms with Crippen molar-refractivity contribution in [3.05, 3.63) is 63.4 Å². The van der Waals surface area contributed by atoms with Gasteiger partial charge >= 0.3 is 11.9 Å². The Morgan fingerprint density at radius 3 is 2.72 bits per heavy atom. The van der Waals surface area contributed by atoms with Gasteiger partial charge in [-0.2, -0.15) is 4.98 Å². The van der Waals surface area contributed by atoms with Crippen molar-refractivity contribution < 1.29 is 19.1 Å². The fourth-order valence-electron chi connectivity index (χ4n) is 2.22. The Bertz CT molecular complexity index is 978. The lowest BCUT2D eigenvalue weighted by atomic mass is 10.2. The predicted octanol–water partition coefficient (Wildman–Crippen LogP) is 2.08. The van der Waals surface area contributed by atoms with Gasteiger partial charge in [-0.05, 0) is 19.1 Å². The molecule has 2 aromatic heterocycles. The molecule has 0 N–H and O–H groups in total. The molecular formula is C17H14N2O5S. The van der Waals surface area contributed by atoms with Gasteiger partial charge in [0.2, 0.25) is 5.88 Å². The number of aromatic nitrogens is 2. The molecule has 1 aromatic carbocycles. The van der Waals surface area contributed by atoms with E-state index in [1.165, 1.54) is 15.7 Å². The Labute approximate surface area is 146 Å². The van der Waals surface area contributed by atoms with Crippen molar-refractivity contribution in [2.45, 2.75) is 13.3 Å². The lowest BCUT2D eigenvalue weighted by molar-refractivity contribution is -0.142. The van der Waals surface area contributed by atoms with Crippen molar-refractivity contribution in [1.82, 2.24) is 9.38 Å². The molecule has 0 fully saturated rings. The van der Waals surface area contributed by atoms with Crippen LogP contribution in [0.15, 0.2) is 46.6 Å². The molecule has 0 saturated carbocycles. The molecule has 3 rings (SSSR count). The van der Waals surface area contributed by atoms with Gasteiger partial charge in [0, 0.05) is 11.1 Å². The minimum atomic E-state index is -0.597. The monoisotopic (exact) mass is 358 g/mol. The molecule has 128 valence electrons. The smallest absolute Gasteiger partial charge is 0.344 e. The number of carbonyl (C=O) groups is 2. The molecule has 0 amide bonds. The van der Waals surface area contributed by atoms with E-state index >= 15 is 0 Å². The third kappa shape index (κ3) is 3.74. The van der Waals surface area contributed by atoms with E-state index in [4.69, 9.17) is 9.47 Å². The van der Waals surface area contributed by atoms with Crippen LogP contribution in [0.3, 0.4) is 0 Å². The van der Waals surface area contributed by atoms with Gasteiger partial charge in [0.1, 0.15) is 0 Å². The zero-order valence-corrected chi connectivity index (χ0v) is 14.1. The zero-order valence-electron chi connectivity index (χ0n) is 13.3. The molecule has 8 heteroatoms. The first-order chi connectivity index (χ1) is 12.1. The van der Waals surface area contributed by atoms with E-state index in [-0.39, 0.29) is 18.9 Å². The Hall–Kier alpha value is -3.00. The van der Waals surface area contributed by atoms with Gasteiger partial charge in [-0.3, -0.25) is 14.0 Å². The van der Waals surface area contributed by atoms with Crippen molar-refractivity contribution in [1.29, 1.82) is 0 Å². The highest BCUT2D eigenvalue weighted by Crippen LogP contribution is 2.17. The first kappa shape index (κ1) is 16.8. The summed E-state index contributed by atoms with van der Waals surface area (Å²) in [5, 5.41) is 1.66. The van der Waals surface area contributed by atoms with Gasteiger partial charge in [0.15, 0.2) is 4.96 Å². The number of esters is 2. The van der Waals surface area contributed by atoms with E-state index in [9.17, 15) is 14.4 Å². The van der Waals surface area contributed by atoms with Crippen LogP contribution in [-0.2, 0) is 16.0 Å². The van der Waals surface area contributed by atoms with Gasteiger partial charge in [0.25, 0.3) is 5.56 Å². The fourth-order valence-corrected chi connectivity index (χ4v) is 3.10. The summed E-state index contributed by atoms with van der Waals surface area (Å²) in [5.41, 5.74) is 0.414. The second kappa shape index (κ2) is 7.27. The summed E-state index contributed by atoms with van der Waals surface area (Å²) >= 11 is 1.18. The van der Waals surface area contributed by atoms with Crippen LogP contribution in [0.5, 0.6) is 5.88 Å². The van der Waals surface area contributed by atoms with Crippen LogP contribution in [0.1, 0.15) is 23.0 Å². The number of ether oxygens (including phenoxy) is 2. The second-order valence-electron chi connectivity index (χ2n) is 5.01. The van der Waals surface area contributed by atoms with Crippen LogP contribution in [0.2, 0.25) is 0 Å². The summed E-state index contributed by atoms with van der Waals surface area (Å²) in [6.07, 6.45) is -0.0292. The first-order valence-corrected chi connectivity index (χ1v) is 8.39. The molecule has 3 aromatic rings. The number of hydrogen-bond acceptors (Lipinski definition) is 7. The Balaban J connectivity index is 1.87. The minimum Gasteiger partial charge on any atom is -0.466 e. The highest BCUT2D eigenvalue weighted by Gasteiger charge is 2.15. The van der Waals surface area contributed by atoms with Crippen molar-refractivity contribution in [2.75, 3.05) is 6.61 Å². The van der Waals surface area contributed by atoms with Gasteiger partial charge in [-0.25, -0.2) is 4.79 Å². The number of nitrogens with zero attached hydrogens (tertiary/aromatic N) is 2. The summed E-state index contributed by atoms with van der Waals surface area (Å²) in [7, 11) is 0. The maximum atomic E-state index is 12.3. The number of hydrogen-bond donors (Lipinski definition) is 0. The average molecular weight is 358 g/mol. The molecule has 0 spiro atoms. The van der Waals surface area contributed by atoms with Crippen molar-refractivity contribution in [3.63, 3.8) is 0 Å². The summed E-state index contributed by atoms with van der Waals surface area (Å²) in [6.45, 7) is 1.98. The molecule has 0 aliphatic heterocycles. The normalized spacial score (nSPS) is 10.6. The van der Waals surface area contributed by atoms with Crippen LogP contribution in [0.25, 0.3) is 4.96 Å². The quantitative estimate of drug-likeness (QED) is 0.649. The van der Waals surface area contributed by atoms with E-state index < -0.39 is 17.5 Å². The van der Waals surface area contributed by atoms with Crippen molar-refractivity contribution in [2.24, 2.45) is 0 Å². The van der Waals surface area contributed by atoms with E-state index in [1.807, 2.05) is 0 Å². The summed E-state index contributed by atoms with van der Waals surface area (Å²) in [6, 6.07) is 9.54. The molecule has 25 heavy (non-hydrogen) atoms. The van der Waals surface area contributed by atoms with Gasteiger partial charge < -0.3 is 9.47 Å². The maximum Gasteiger partial charge on any atom is 0.344 e. The third-order valence-electron chi connectivity index (χ3n) is 3.29. The summed E-state index contributed by atoms with van der Waals surface area (Å²) in [4.78, 5) is 40.5. The first-order valence-electron chi connectivity index (χ1n) is 7.51. The SMILES string of the molecule is CCOC(=O)Cc1csc2nc(OC(=O)c3ccccc3)cc(=O)n12. The molecule has 0 radical (unpaired) electrons. The average Bonchev–Trinajstić information content (AvgIpc) is 2.99. The molecule has 0 atom stereocenters. The number of rotatable bonds is 5. The molecule has 7 nitrogen and oxygen atoms in total. The Morgan fingerprint density at radius 2 is 2.00 bits per heavy atom. The zero-order chi connectivity index (χ0) is 17.8. The van der Waals surface area contributed by atoms with Gasteiger partial charge in [0.05, 0.1) is 24.7 Å². The number of thiazole rings is 1. The molecule has 0 bridgehead atoms. The Morgan fingerprint density at radius 1 is 1.24 bits per heavy atom. The van der Waals surface area contributed by atoms with Crippen LogP contribution in [0, 0.1) is 0 Å². The van der Waals surface area contributed by atoms with Gasteiger partial charge in [-0.1, -0.05) is 18.2 Å². The summed E-state index contributed by atoms with van der Waals surface area (Å²) < 4.78 is 11.4. The predicted molar refractivity (Wildman–Crippen MR) is 91.1 cm³/mol. The lowest BCUT2D eigenvalue weighted by Gasteiger charge is -2.05. The fraction of sp³-hybridized carbons (Fsp3) is 0.176. The minimum absolute atomic E-state index is 0.0292. The Kier molecular flexibility index (Phi) is 4.90. The standard InChI is InChI=1S/C17H14N2O5S/c1-2-23-15(21)8-12-10-25-17-18-13(9-14(20)19(12)17)24-16(22)11-6-4-3-5-7-11/h3-7,9-10H,2,8H2,1H3. The highest BCUT2D eigenvalue weighted by molar-refractivity contribution is 7.15. The van der Waals surface area contributed by atoms with Crippen LogP contribution in [-0.4, -0.2) is 27.9 Å². The molecule has 2 heterocycles.